The number of carbonyl (C=O) groups is 2. The Balaban J connectivity index is 1.56. The van der Waals surface area contributed by atoms with E-state index < -0.39 is 18.0 Å². The Morgan fingerprint density at radius 2 is 1.67 bits per heavy atom. The first-order chi connectivity index (χ1) is 20.2. The Bertz CT molecular complexity index is 1470. The van der Waals surface area contributed by atoms with E-state index in [0.717, 1.165) is 23.9 Å². The number of halogens is 2. The fourth-order valence-electron chi connectivity index (χ4n) is 4.87. The Morgan fingerprint density at radius 1 is 1.05 bits per heavy atom. The molecular weight excluding hydrogens is 768 g/mol. The largest absolute Gasteiger partial charge is 0.480 e. The maximum atomic E-state index is 12.5. The highest BCUT2D eigenvalue weighted by Gasteiger charge is 2.26. The number of hydrogen-bond donors (Lipinski definition) is 2. The van der Waals surface area contributed by atoms with E-state index in [1.807, 2.05) is 37.3 Å². The van der Waals surface area contributed by atoms with Gasteiger partial charge in [0, 0.05) is 6.08 Å². The minimum Gasteiger partial charge on any atom is -0.480 e. The number of carboxylic acids is 1. The molecule has 0 spiro atoms. The molecule has 0 bridgehead atoms. The number of ether oxygens (including phenoxy) is 2. The number of allylic oxidation sites excluding steroid dienone is 9. The van der Waals surface area contributed by atoms with Crippen molar-refractivity contribution in [2.45, 2.75) is 66.3 Å². The van der Waals surface area contributed by atoms with Crippen LogP contribution >= 0.6 is 45.2 Å². The van der Waals surface area contributed by atoms with Gasteiger partial charge in [-0.2, -0.15) is 0 Å². The van der Waals surface area contributed by atoms with Crippen LogP contribution in [0.5, 0.6) is 17.2 Å². The lowest BCUT2D eigenvalue weighted by Gasteiger charge is -2.32. The van der Waals surface area contributed by atoms with Gasteiger partial charge >= 0.3 is 11.9 Å². The van der Waals surface area contributed by atoms with Crippen molar-refractivity contribution in [3.8, 4) is 17.2 Å². The second kappa shape index (κ2) is 15.9. The number of benzene rings is 2. The summed E-state index contributed by atoms with van der Waals surface area (Å²) in [5, 5.41) is 9.08. The van der Waals surface area contributed by atoms with Crippen molar-refractivity contribution in [3.05, 3.63) is 108 Å². The molecule has 1 aliphatic rings. The van der Waals surface area contributed by atoms with E-state index >= 15 is 0 Å². The molecule has 0 amide bonds. The smallest absolute Gasteiger partial charge is 0.336 e. The van der Waals surface area contributed by atoms with Crippen LogP contribution in [-0.2, 0) is 16.0 Å². The summed E-state index contributed by atoms with van der Waals surface area (Å²) in [7, 11) is 0. The summed E-state index contributed by atoms with van der Waals surface area (Å²) in [4.78, 5) is 23.5. The van der Waals surface area contributed by atoms with Crippen LogP contribution in [0.2, 0.25) is 0 Å². The summed E-state index contributed by atoms with van der Waals surface area (Å²) in [5.41, 5.74) is 11.5. The van der Waals surface area contributed by atoms with E-state index in [1.54, 1.807) is 24.3 Å². The summed E-state index contributed by atoms with van der Waals surface area (Å²) in [6, 6.07) is 9.58. The fourth-order valence-corrected chi connectivity index (χ4v) is 6.99. The molecule has 43 heavy (non-hydrogen) atoms. The molecule has 0 heterocycles. The highest BCUT2D eigenvalue weighted by Crippen LogP contribution is 2.41. The Kier molecular flexibility index (Phi) is 12.8. The maximum Gasteiger partial charge on any atom is 0.336 e. The lowest BCUT2D eigenvalue weighted by molar-refractivity contribution is -0.138. The van der Waals surface area contributed by atoms with Gasteiger partial charge in [-0.1, -0.05) is 55.4 Å². The van der Waals surface area contributed by atoms with Crippen LogP contribution in [0.3, 0.4) is 0 Å². The number of aliphatic carboxylic acids is 1. The summed E-state index contributed by atoms with van der Waals surface area (Å²) in [6.07, 6.45) is 15.6. The Hall–Kier alpha value is -2.70. The molecule has 2 aromatic rings. The van der Waals surface area contributed by atoms with Crippen molar-refractivity contribution in [2.24, 2.45) is 11.1 Å². The Labute approximate surface area is 282 Å². The van der Waals surface area contributed by atoms with E-state index in [9.17, 15) is 9.59 Å². The van der Waals surface area contributed by atoms with Crippen molar-refractivity contribution >= 4 is 57.1 Å². The van der Waals surface area contributed by atoms with Crippen molar-refractivity contribution in [1.29, 1.82) is 0 Å². The van der Waals surface area contributed by atoms with Crippen LogP contribution < -0.4 is 15.2 Å². The normalized spacial score (nSPS) is 16.6. The van der Waals surface area contributed by atoms with Gasteiger partial charge in [0.25, 0.3) is 0 Å². The molecule has 1 atom stereocenters. The van der Waals surface area contributed by atoms with E-state index in [0.29, 0.717) is 17.2 Å². The zero-order valence-corrected chi connectivity index (χ0v) is 29.6. The lowest BCUT2D eigenvalue weighted by atomic mass is 9.72. The number of carbonyl (C=O) groups excluding carboxylic acids is 1. The van der Waals surface area contributed by atoms with Gasteiger partial charge in [0.15, 0.2) is 5.75 Å². The summed E-state index contributed by atoms with van der Waals surface area (Å²) in [6.45, 7) is 10.8. The van der Waals surface area contributed by atoms with Crippen LogP contribution in [0.1, 0.15) is 59.4 Å². The molecule has 2 aromatic carbocycles. The molecule has 0 saturated heterocycles. The molecule has 3 N–H and O–H groups in total. The molecule has 3 rings (SSSR count). The molecule has 0 aromatic heterocycles. The van der Waals surface area contributed by atoms with Crippen molar-refractivity contribution in [3.63, 3.8) is 0 Å². The minimum absolute atomic E-state index is 0.215. The number of hydrogen-bond acceptors (Lipinski definition) is 5. The summed E-state index contributed by atoms with van der Waals surface area (Å²) >= 11 is 4.31. The number of carboxylic acid groups (broad SMARTS) is 1. The van der Waals surface area contributed by atoms with Crippen LogP contribution in [0.25, 0.3) is 0 Å². The molecule has 0 aliphatic heterocycles. The highest BCUT2D eigenvalue weighted by atomic mass is 127. The summed E-state index contributed by atoms with van der Waals surface area (Å²) in [5.74, 6) is 0.149. The van der Waals surface area contributed by atoms with Crippen LogP contribution in [0, 0.1) is 12.6 Å². The van der Waals surface area contributed by atoms with Crippen molar-refractivity contribution in [1.82, 2.24) is 0 Å². The maximum absolute atomic E-state index is 12.5. The second-order valence-electron chi connectivity index (χ2n) is 11.5. The fraction of sp³-hybridized carbons (Fsp3) is 0.314. The number of rotatable bonds is 11. The van der Waals surface area contributed by atoms with Gasteiger partial charge in [-0.15, -0.1) is 0 Å². The first-order valence-corrected chi connectivity index (χ1v) is 16.3. The topological polar surface area (TPSA) is 98.9 Å². The molecule has 6 nitrogen and oxygen atoms in total. The third-order valence-corrected chi connectivity index (χ3v) is 8.81. The molecule has 0 fully saturated rings. The monoisotopic (exact) mass is 807 g/mol. The lowest BCUT2D eigenvalue weighted by Crippen LogP contribution is -2.32. The molecular formula is C35H39I2NO5. The van der Waals surface area contributed by atoms with Crippen molar-refractivity contribution < 1.29 is 24.2 Å². The average Bonchev–Trinajstić information content (AvgIpc) is 2.91. The van der Waals surface area contributed by atoms with Crippen LogP contribution in [0.4, 0.5) is 0 Å². The van der Waals surface area contributed by atoms with Crippen LogP contribution in [0.15, 0.2) is 95.1 Å². The standard InChI is InChI=1S/C35H39I2NO5/c1-22(11-16-28-24(3)10-7-17-35(28,4)5)8-6-9-23(2)18-32(39)42-26-12-14-27(15-13-26)43-33-29(36)19-25(20-30(33)37)21-31(38)34(40)41/h6,8-9,11-16,18-20,31H,7,10,17,21,38H2,1-5H3,(H,40,41). The summed E-state index contributed by atoms with van der Waals surface area (Å²) < 4.78 is 13.2. The van der Waals surface area contributed by atoms with Gasteiger partial charge < -0.3 is 20.3 Å². The van der Waals surface area contributed by atoms with Gasteiger partial charge in [0.05, 0.1) is 7.14 Å². The molecule has 1 unspecified atom stereocenters. The first-order valence-electron chi connectivity index (χ1n) is 14.1. The molecule has 1 aliphatic carbocycles. The minimum atomic E-state index is -1.04. The van der Waals surface area contributed by atoms with E-state index in [2.05, 4.69) is 85.0 Å². The Morgan fingerprint density at radius 3 is 2.28 bits per heavy atom. The third kappa shape index (κ3) is 10.8. The third-order valence-electron chi connectivity index (χ3n) is 7.21. The zero-order valence-electron chi connectivity index (χ0n) is 25.2. The number of esters is 1. The van der Waals surface area contributed by atoms with Gasteiger partial charge in [-0.25, -0.2) is 4.79 Å². The average molecular weight is 808 g/mol. The molecule has 228 valence electrons. The molecule has 0 saturated carbocycles. The van der Waals surface area contributed by atoms with Crippen molar-refractivity contribution in [2.75, 3.05) is 0 Å². The van der Waals surface area contributed by atoms with Gasteiger partial charge in [0.2, 0.25) is 0 Å². The van der Waals surface area contributed by atoms with Gasteiger partial charge in [0.1, 0.15) is 17.5 Å². The van der Waals surface area contributed by atoms with Gasteiger partial charge in [-0.05, 0) is 150 Å². The second-order valence-corrected chi connectivity index (χ2v) is 13.8. The van der Waals surface area contributed by atoms with E-state index in [-0.39, 0.29) is 11.8 Å². The number of nitrogens with two attached hydrogens (primary N) is 1. The first kappa shape index (κ1) is 34.8. The van der Waals surface area contributed by atoms with Crippen LogP contribution in [-0.4, -0.2) is 23.1 Å². The van der Waals surface area contributed by atoms with E-state index in [4.69, 9.17) is 20.3 Å². The molecule has 0 radical (unpaired) electrons. The zero-order chi connectivity index (χ0) is 31.7. The molecule has 8 heteroatoms. The quantitative estimate of drug-likeness (QED) is 0.0774. The predicted molar refractivity (Wildman–Crippen MR) is 189 cm³/mol. The van der Waals surface area contributed by atoms with E-state index in [1.165, 1.54) is 36.5 Å². The highest BCUT2D eigenvalue weighted by molar-refractivity contribution is 14.1. The predicted octanol–water partition coefficient (Wildman–Crippen LogP) is 9.08. The van der Waals surface area contributed by atoms with Gasteiger partial charge in [-0.3, -0.25) is 4.79 Å². The SMILES string of the molecule is CC(C=CC1=C(C)CCCC1(C)C)=CC=CC(C)=CC(=O)Oc1ccc(Oc2c(I)cc(CC(N)C(=O)O)cc2I)cc1.